The van der Waals surface area contributed by atoms with E-state index >= 15 is 0 Å². The van der Waals surface area contributed by atoms with Crippen molar-refractivity contribution >= 4 is 29.9 Å². The second-order valence-corrected chi connectivity index (χ2v) is 10.4. The van der Waals surface area contributed by atoms with E-state index in [4.69, 9.17) is 17.0 Å². The Morgan fingerprint density at radius 3 is 1.83 bits per heavy atom. The summed E-state index contributed by atoms with van der Waals surface area (Å²) in [5.41, 5.74) is 2.31. The molecular formula is C26H44OS2. The number of unbranched alkanes of at least 4 members (excludes halogenated alkanes) is 11. The lowest BCUT2D eigenvalue weighted by Crippen LogP contribution is -2.16. The molecule has 1 aromatic rings. The third-order valence-corrected chi connectivity index (χ3v) is 6.33. The van der Waals surface area contributed by atoms with E-state index in [1.807, 2.05) is 0 Å². The van der Waals surface area contributed by atoms with Gasteiger partial charge in [0.25, 0.3) is 0 Å². The molecule has 0 bridgehead atoms. The summed E-state index contributed by atoms with van der Waals surface area (Å²) in [6, 6.07) is 4.21. The second kappa shape index (κ2) is 14.5. The van der Waals surface area contributed by atoms with Gasteiger partial charge >= 0.3 is 0 Å². The van der Waals surface area contributed by atoms with Crippen LogP contribution in [0.25, 0.3) is 0 Å². The number of ether oxygens (including phenoxy) is 1. The van der Waals surface area contributed by atoms with E-state index < -0.39 is 0 Å². The second-order valence-electron chi connectivity index (χ2n) is 9.50. The van der Waals surface area contributed by atoms with Gasteiger partial charge in [-0.05, 0) is 48.7 Å². The minimum Gasteiger partial charge on any atom is -0.450 e. The van der Waals surface area contributed by atoms with Gasteiger partial charge < -0.3 is 4.74 Å². The smallest absolute Gasteiger partial charge is 0.167 e. The van der Waals surface area contributed by atoms with Gasteiger partial charge in [-0.2, -0.15) is 0 Å². The summed E-state index contributed by atoms with van der Waals surface area (Å²) in [6.45, 7) is 10.9. The predicted molar refractivity (Wildman–Crippen MR) is 136 cm³/mol. The number of aryl methyl sites for hydroxylation is 1. The molecule has 1 nitrogen and oxygen atoms in total. The summed E-state index contributed by atoms with van der Waals surface area (Å²) < 4.78 is 6.11. The average molecular weight is 437 g/mol. The number of hydrogen-bond donors (Lipinski definition) is 1. The maximum atomic E-state index is 6.11. The quantitative estimate of drug-likeness (QED) is 0.177. The molecule has 166 valence electrons. The lowest BCUT2D eigenvalue weighted by Gasteiger charge is -2.24. The molecular weight excluding hydrogens is 392 g/mol. The van der Waals surface area contributed by atoms with Gasteiger partial charge in [-0.15, -0.1) is 12.6 Å². The van der Waals surface area contributed by atoms with E-state index in [1.165, 1.54) is 76.2 Å². The fourth-order valence-corrected chi connectivity index (χ4v) is 4.05. The highest BCUT2D eigenvalue weighted by Gasteiger charge is 2.21. The van der Waals surface area contributed by atoms with Crippen LogP contribution >= 0.6 is 24.8 Å². The van der Waals surface area contributed by atoms with Crippen molar-refractivity contribution in [2.24, 2.45) is 0 Å². The van der Waals surface area contributed by atoms with Crippen LogP contribution in [0, 0.1) is 6.92 Å². The third kappa shape index (κ3) is 11.4. The Bertz CT molecular complexity index is 601. The van der Waals surface area contributed by atoms with E-state index in [2.05, 4.69) is 59.4 Å². The highest BCUT2D eigenvalue weighted by molar-refractivity contribution is 7.80. The Balaban J connectivity index is 2.21. The van der Waals surface area contributed by atoms with Gasteiger partial charge in [0.15, 0.2) is 5.05 Å². The van der Waals surface area contributed by atoms with Gasteiger partial charge in [-0.25, -0.2) is 0 Å². The molecule has 1 rings (SSSR count). The number of thiol groups is 1. The summed E-state index contributed by atoms with van der Waals surface area (Å²) in [6.07, 6.45) is 17.2. The van der Waals surface area contributed by atoms with Gasteiger partial charge in [-0.1, -0.05) is 98.3 Å². The van der Waals surface area contributed by atoms with Crippen molar-refractivity contribution < 1.29 is 4.74 Å². The van der Waals surface area contributed by atoms with Crippen molar-refractivity contribution in [3.8, 4) is 5.75 Å². The fourth-order valence-electron chi connectivity index (χ4n) is 3.62. The maximum absolute atomic E-state index is 6.11. The van der Waals surface area contributed by atoms with Crippen LogP contribution in [0.5, 0.6) is 5.75 Å². The summed E-state index contributed by atoms with van der Waals surface area (Å²) in [7, 11) is 0. The molecule has 1 aromatic carbocycles. The van der Waals surface area contributed by atoms with Gasteiger partial charge in [0.1, 0.15) is 5.75 Å². The zero-order valence-corrected chi connectivity index (χ0v) is 21.3. The van der Waals surface area contributed by atoms with Gasteiger partial charge in [0.05, 0.1) is 0 Å². The SMILES string of the molecule is CCCCCCCCCCCCCCC(=S)Oc1cc(C)c(S)cc1C(C)(C)C. The molecule has 0 unspecified atom stereocenters. The average Bonchev–Trinajstić information content (AvgIpc) is 2.64. The molecule has 29 heavy (non-hydrogen) atoms. The molecule has 0 saturated heterocycles. The van der Waals surface area contributed by atoms with Crippen molar-refractivity contribution in [2.75, 3.05) is 0 Å². The van der Waals surface area contributed by atoms with Crippen LogP contribution in [-0.2, 0) is 5.41 Å². The Kier molecular flexibility index (Phi) is 13.2. The first-order chi connectivity index (χ1) is 13.8. The van der Waals surface area contributed by atoms with Crippen LogP contribution in [0.1, 0.15) is 122 Å². The lowest BCUT2D eigenvalue weighted by atomic mass is 9.86. The van der Waals surface area contributed by atoms with Crippen molar-refractivity contribution in [1.29, 1.82) is 0 Å². The highest BCUT2D eigenvalue weighted by Crippen LogP contribution is 2.35. The molecule has 0 fully saturated rings. The first-order valence-corrected chi connectivity index (χ1v) is 12.7. The predicted octanol–water partition coefficient (Wildman–Crippen LogP) is 9.38. The molecule has 0 aliphatic heterocycles. The van der Waals surface area contributed by atoms with Crippen LogP contribution in [-0.4, -0.2) is 5.05 Å². The van der Waals surface area contributed by atoms with E-state index in [-0.39, 0.29) is 5.41 Å². The van der Waals surface area contributed by atoms with Gasteiger partial charge in [0, 0.05) is 16.9 Å². The first kappa shape index (κ1) is 26.5. The Morgan fingerprint density at radius 1 is 0.862 bits per heavy atom. The topological polar surface area (TPSA) is 9.23 Å². The maximum Gasteiger partial charge on any atom is 0.167 e. The van der Waals surface area contributed by atoms with Crippen molar-refractivity contribution in [2.45, 2.75) is 128 Å². The van der Waals surface area contributed by atoms with Crippen LogP contribution in [0.3, 0.4) is 0 Å². The fraction of sp³-hybridized carbons (Fsp3) is 0.731. The largest absolute Gasteiger partial charge is 0.450 e. The third-order valence-electron chi connectivity index (χ3n) is 5.56. The summed E-state index contributed by atoms with van der Waals surface area (Å²) in [5, 5.41) is 0.717. The molecule has 0 saturated carbocycles. The number of benzene rings is 1. The molecule has 0 radical (unpaired) electrons. The van der Waals surface area contributed by atoms with Crippen molar-refractivity contribution in [1.82, 2.24) is 0 Å². The zero-order chi connectivity index (χ0) is 21.7. The van der Waals surface area contributed by atoms with Crippen molar-refractivity contribution in [3.63, 3.8) is 0 Å². The highest BCUT2D eigenvalue weighted by atomic mass is 32.1. The summed E-state index contributed by atoms with van der Waals surface area (Å²) >= 11 is 10.1. The Labute approximate surface area is 191 Å². The minimum absolute atomic E-state index is 0.00608. The molecule has 3 heteroatoms. The molecule has 0 atom stereocenters. The summed E-state index contributed by atoms with van der Waals surface area (Å²) in [5.74, 6) is 0.900. The van der Waals surface area contributed by atoms with Gasteiger partial charge in [0.2, 0.25) is 0 Å². The van der Waals surface area contributed by atoms with Gasteiger partial charge in [-0.3, -0.25) is 0 Å². The van der Waals surface area contributed by atoms with E-state index in [1.54, 1.807) is 0 Å². The first-order valence-electron chi connectivity index (χ1n) is 11.8. The van der Waals surface area contributed by atoms with E-state index in [9.17, 15) is 0 Å². The number of rotatable bonds is 14. The minimum atomic E-state index is 0.00608. The van der Waals surface area contributed by atoms with Crippen LogP contribution in [0.15, 0.2) is 17.0 Å². The van der Waals surface area contributed by atoms with Crippen LogP contribution < -0.4 is 4.74 Å². The normalized spacial score (nSPS) is 11.7. The number of thiocarbonyl (C=S) groups is 1. The molecule has 0 N–H and O–H groups in total. The lowest BCUT2D eigenvalue weighted by molar-refractivity contribution is 0.493. The monoisotopic (exact) mass is 436 g/mol. The molecule has 0 heterocycles. The number of hydrogen-bond acceptors (Lipinski definition) is 3. The molecule has 0 spiro atoms. The van der Waals surface area contributed by atoms with Crippen LogP contribution in [0.4, 0.5) is 0 Å². The van der Waals surface area contributed by atoms with E-state index in [0.717, 1.165) is 29.1 Å². The zero-order valence-electron chi connectivity index (χ0n) is 19.6. The molecule has 0 aromatic heterocycles. The van der Waals surface area contributed by atoms with E-state index in [0.29, 0.717) is 5.05 Å². The van der Waals surface area contributed by atoms with Crippen LogP contribution in [0.2, 0.25) is 0 Å². The Morgan fingerprint density at radius 2 is 1.34 bits per heavy atom. The molecule has 0 aliphatic carbocycles. The van der Waals surface area contributed by atoms with Crippen molar-refractivity contribution in [3.05, 3.63) is 23.3 Å². The Hall–Kier alpha value is -0.540. The summed E-state index contributed by atoms with van der Waals surface area (Å²) in [4.78, 5) is 1.01. The molecule has 0 aliphatic rings. The molecule has 0 amide bonds. The standard InChI is InChI=1S/C26H44OS2/c1-6-7-8-9-10-11-12-13-14-15-16-17-18-25(29)27-23-19-21(2)24(28)20-22(23)26(3,4)5/h19-20,28H,6-18H2,1-5H3.